The molecule has 1 saturated heterocycles. The normalized spacial score (nSPS) is 20.3. The summed E-state index contributed by atoms with van der Waals surface area (Å²) in [6.45, 7) is 5.04. The zero-order valence-electron chi connectivity index (χ0n) is 12.7. The fourth-order valence-corrected chi connectivity index (χ4v) is 2.71. The van der Waals surface area contributed by atoms with Crippen LogP contribution < -0.4 is 5.46 Å². The summed E-state index contributed by atoms with van der Waals surface area (Å²) in [5, 5.41) is 4.46. The van der Waals surface area contributed by atoms with Crippen LogP contribution in [0.3, 0.4) is 0 Å². The Morgan fingerprint density at radius 1 is 1.18 bits per heavy atom. The third-order valence-corrected chi connectivity index (χ3v) is 4.86. The van der Waals surface area contributed by atoms with E-state index < -0.39 is 24.9 Å². The molecule has 4 nitrogen and oxygen atoms in total. The predicted octanol–water partition coefficient (Wildman–Crippen LogP) is 3.38. The first-order valence-electron chi connectivity index (χ1n) is 6.93. The van der Waals surface area contributed by atoms with Crippen molar-refractivity contribution in [1.82, 2.24) is 9.78 Å². The number of aromatic nitrogens is 2. The van der Waals surface area contributed by atoms with E-state index in [0.29, 0.717) is 20.6 Å². The fraction of sp³-hybridized carbons (Fsp3) is 0.500. The molecule has 1 aromatic heterocycles. The van der Waals surface area contributed by atoms with Gasteiger partial charge in [0.1, 0.15) is 0 Å². The number of halogens is 3. The largest absolute Gasteiger partial charge is 0.496 e. The summed E-state index contributed by atoms with van der Waals surface area (Å²) >= 11 is 6.37. The summed E-state index contributed by atoms with van der Waals surface area (Å²) in [6, 6.07) is 3.20. The van der Waals surface area contributed by atoms with Gasteiger partial charge in [-0.2, -0.15) is 13.9 Å². The van der Waals surface area contributed by atoms with Gasteiger partial charge in [0.2, 0.25) is 0 Å². The van der Waals surface area contributed by atoms with Crippen LogP contribution >= 0.6 is 11.6 Å². The maximum Gasteiger partial charge on any atom is 0.496 e. The van der Waals surface area contributed by atoms with Gasteiger partial charge in [0.05, 0.1) is 27.9 Å². The smallest absolute Gasteiger partial charge is 0.399 e. The molecule has 118 valence electrons. The molecule has 0 bridgehead atoms. The van der Waals surface area contributed by atoms with E-state index in [1.165, 1.54) is 6.20 Å². The molecule has 1 aromatic carbocycles. The standard InChI is InChI=1S/C14H16BClF2N2O2/c1-13(2)14(3,4)22-15(21-13)9-5-6-10-8(11(9)16)7-19-20(10)12(17)18/h5-7,12H,1-4H3. The topological polar surface area (TPSA) is 36.3 Å². The van der Waals surface area contributed by atoms with E-state index in [1.807, 2.05) is 27.7 Å². The van der Waals surface area contributed by atoms with Crippen LogP contribution in [0.15, 0.2) is 18.3 Å². The van der Waals surface area contributed by atoms with Crippen LogP contribution in [0.5, 0.6) is 0 Å². The van der Waals surface area contributed by atoms with Crippen LogP contribution in [-0.2, 0) is 9.31 Å². The van der Waals surface area contributed by atoms with E-state index in [-0.39, 0.29) is 5.52 Å². The summed E-state index contributed by atoms with van der Waals surface area (Å²) in [6.07, 6.45) is 1.33. The number of alkyl halides is 2. The molecular formula is C14H16BClF2N2O2. The van der Waals surface area contributed by atoms with Gasteiger partial charge in [-0.15, -0.1) is 0 Å². The molecule has 0 unspecified atom stereocenters. The summed E-state index contributed by atoms with van der Waals surface area (Å²) < 4.78 is 38.3. The van der Waals surface area contributed by atoms with Gasteiger partial charge in [-0.05, 0) is 33.8 Å². The SMILES string of the molecule is CC1(C)OB(c2ccc3c(cnn3C(F)F)c2Cl)OC1(C)C. The molecule has 0 saturated carbocycles. The zero-order valence-corrected chi connectivity index (χ0v) is 13.5. The lowest BCUT2D eigenvalue weighted by Crippen LogP contribution is -2.41. The Morgan fingerprint density at radius 3 is 2.32 bits per heavy atom. The van der Waals surface area contributed by atoms with Crippen molar-refractivity contribution in [1.29, 1.82) is 0 Å². The highest BCUT2D eigenvalue weighted by Gasteiger charge is 2.52. The maximum atomic E-state index is 12.9. The van der Waals surface area contributed by atoms with Crippen molar-refractivity contribution in [3.8, 4) is 0 Å². The minimum absolute atomic E-state index is 0.278. The lowest BCUT2D eigenvalue weighted by molar-refractivity contribution is 0.00578. The molecule has 22 heavy (non-hydrogen) atoms. The summed E-state index contributed by atoms with van der Waals surface area (Å²) in [5.41, 5.74) is -0.103. The van der Waals surface area contributed by atoms with Crippen LogP contribution in [0.25, 0.3) is 10.9 Å². The highest BCUT2D eigenvalue weighted by atomic mass is 35.5. The third kappa shape index (κ3) is 2.23. The van der Waals surface area contributed by atoms with E-state index in [4.69, 9.17) is 20.9 Å². The van der Waals surface area contributed by atoms with E-state index >= 15 is 0 Å². The summed E-state index contributed by atoms with van der Waals surface area (Å²) in [7, 11) is -0.642. The molecule has 2 aromatic rings. The minimum atomic E-state index is -2.71. The fourth-order valence-electron chi connectivity index (χ4n) is 2.41. The van der Waals surface area contributed by atoms with Crippen molar-refractivity contribution in [2.45, 2.75) is 45.4 Å². The van der Waals surface area contributed by atoms with Gasteiger partial charge in [0.25, 0.3) is 0 Å². The van der Waals surface area contributed by atoms with Gasteiger partial charge in [-0.3, -0.25) is 0 Å². The zero-order chi connectivity index (χ0) is 16.3. The molecule has 0 atom stereocenters. The lowest BCUT2D eigenvalue weighted by atomic mass is 9.78. The molecule has 0 amide bonds. The number of fused-ring (bicyclic) bond motifs is 1. The van der Waals surface area contributed by atoms with Gasteiger partial charge in [-0.1, -0.05) is 17.7 Å². The molecular weight excluding hydrogens is 312 g/mol. The molecule has 1 fully saturated rings. The minimum Gasteiger partial charge on any atom is -0.399 e. The van der Waals surface area contributed by atoms with E-state index in [0.717, 1.165) is 0 Å². The molecule has 1 aliphatic rings. The van der Waals surface area contributed by atoms with Gasteiger partial charge in [0, 0.05) is 10.8 Å². The van der Waals surface area contributed by atoms with E-state index in [1.54, 1.807) is 12.1 Å². The summed E-state index contributed by atoms with van der Waals surface area (Å²) in [4.78, 5) is 0. The van der Waals surface area contributed by atoms with Gasteiger partial charge < -0.3 is 9.31 Å². The molecule has 0 aliphatic carbocycles. The van der Waals surface area contributed by atoms with Gasteiger partial charge in [-0.25, -0.2) is 4.68 Å². The van der Waals surface area contributed by atoms with Crippen molar-refractivity contribution in [3.05, 3.63) is 23.4 Å². The van der Waals surface area contributed by atoms with Crippen LogP contribution in [0.1, 0.15) is 34.2 Å². The molecule has 8 heteroatoms. The second-order valence-electron chi connectivity index (χ2n) is 6.36. The molecule has 1 aliphatic heterocycles. The van der Waals surface area contributed by atoms with Crippen molar-refractivity contribution >= 4 is 35.1 Å². The number of rotatable bonds is 2. The Hall–Kier alpha value is -1.18. The first-order valence-corrected chi connectivity index (χ1v) is 7.31. The second kappa shape index (κ2) is 4.91. The Kier molecular flexibility index (Phi) is 3.51. The Balaban J connectivity index is 2.05. The number of hydrogen-bond acceptors (Lipinski definition) is 3. The Morgan fingerprint density at radius 2 is 1.77 bits per heavy atom. The molecule has 0 spiro atoms. The molecule has 0 N–H and O–H groups in total. The predicted molar refractivity (Wildman–Crippen MR) is 81.7 cm³/mol. The van der Waals surface area contributed by atoms with Crippen LogP contribution in [0, 0.1) is 0 Å². The van der Waals surface area contributed by atoms with Crippen molar-refractivity contribution in [3.63, 3.8) is 0 Å². The van der Waals surface area contributed by atoms with Crippen LogP contribution in [0.2, 0.25) is 5.02 Å². The maximum absolute atomic E-state index is 12.9. The average molecular weight is 329 g/mol. The monoisotopic (exact) mass is 328 g/mol. The first-order chi connectivity index (χ1) is 10.1. The highest BCUT2D eigenvalue weighted by Crippen LogP contribution is 2.37. The van der Waals surface area contributed by atoms with Crippen molar-refractivity contribution in [2.24, 2.45) is 0 Å². The molecule has 3 rings (SSSR count). The third-order valence-electron chi connectivity index (χ3n) is 4.44. The lowest BCUT2D eigenvalue weighted by Gasteiger charge is -2.32. The van der Waals surface area contributed by atoms with Crippen molar-refractivity contribution in [2.75, 3.05) is 0 Å². The van der Waals surface area contributed by atoms with Crippen molar-refractivity contribution < 1.29 is 18.1 Å². The van der Waals surface area contributed by atoms with E-state index in [9.17, 15) is 8.78 Å². The average Bonchev–Trinajstić information content (AvgIpc) is 2.90. The quantitative estimate of drug-likeness (QED) is 0.793. The number of hydrogen-bond donors (Lipinski definition) is 0. The molecule has 2 heterocycles. The summed E-state index contributed by atoms with van der Waals surface area (Å²) in [5.74, 6) is 0. The van der Waals surface area contributed by atoms with Crippen LogP contribution in [0.4, 0.5) is 8.78 Å². The highest BCUT2D eigenvalue weighted by molar-refractivity contribution is 6.66. The Labute approximate surface area is 132 Å². The second-order valence-corrected chi connectivity index (χ2v) is 6.73. The Bertz CT molecular complexity index is 717. The van der Waals surface area contributed by atoms with E-state index in [2.05, 4.69) is 5.10 Å². The number of benzene rings is 1. The van der Waals surface area contributed by atoms with Gasteiger partial charge >= 0.3 is 13.7 Å². The first kappa shape index (κ1) is 15.7. The van der Waals surface area contributed by atoms with Gasteiger partial charge in [0.15, 0.2) is 0 Å². The number of nitrogens with zero attached hydrogens (tertiary/aromatic N) is 2. The van der Waals surface area contributed by atoms with Crippen LogP contribution in [-0.4, -0.2) is 28.1 Å². The molecule has 0 radical (unpaired) electrons.